The van der Waals surface area contributed by atoms with Gasteiger partial charge in [0, 0.05) is 13.1 Å². The van der Waals surface area contributed by atoms with E-state index in [1.54, 1.807) is 0 Å². The Hall–Kier alpha value is -0.0800. The normalized spacial score (nSPS) is 36.3. The summed E-state index contributed by atoms with van der Waals surface area (Å²) in [6.07, 6.45) is 13.4. The molecule has 0 aromatic rings. The summed E-state index contributed by atoms with van der Waals surface area (Å²) >= 11 is 0. The summed E-state index contributed by atoms with van der Waals surface area (Å²) in [6.45, 7) is 7.10. The lowest BCUT2D eigenvalue weighted by atomic mass is 9.78. The van der Waals surface area contributed by atoms with Crippen LogP contribution in [0.25, 0.3) is 0 Å². The zero-order valence-corrected chi connectivity index (χ0v) is 13.1. The molecule has 0 spiro atoms. The van der Waals surface area contributed by atoms with E-state index in [1.807, 2.05) is 0 Å². The maximum Gasteiger partial charge on any atom is 0.0600 e. The first-order chi connectivity index (χ1) is 9.33. The molecule has 1 heterocycles. The molecule has 0 atom stereocenters. The van der Waals surface area contributed by atoms with E-state index in [4.69, 9.17) is 0 Å². The Labute approximate surface area is 120 Å². The predicted octanol–water partition coefficient (Wildman–Crippen LogP) is 3.92. The average molecular weight is 266 g/mol. The summed E-state index contributed by atoms with van der Waals surface area (Å²) in [4.78, 5) is 0. The molecular weight excluding hydrogens is 232 g/mol. The molecule has 2 fully saturated rings. The van der Waals surface area contributed by atoms with E-state index in [-0.39, 0.29) is 0 Å². The zero-order valence-electron chi connectivity index (χ0n) is 13.1. The predicted molar refractivity (Wildman–Crippen MR) is 83.2 cm³/mol. The minimum absolute atomic E-state index is 0.612. The molecule has 1 saturated carbocycles. The first-order valence-corrected chi connectivity index (χ1v) is 8.80. The third kappa shape index (κ3) is 4.75. The van der Waals surface area contributed by atoms with Gasteiger partial charge in [-0.2, -0.15) is 0 Å². The van der Waals surface area contributed by atoms with Gasteiger partial charge in [0.2, 0.25) is 0 Å². The van der Waals surface area contributed by atoms with Gasteiger partial charge in [0.1, 0.15) is 0 Å². The van der Waals surface area contributed by atoms with E-state index >= 15 is 0 Å². The fourth-order valence-corrected chi connectivity index (χ4v) is 3.98. The minimum atomic E-state index is 0.612. The second kappa shape index (κ2) is 8.26. The van der Waals surface area contributed by atoms with E-state index in [9.17, 15) is 0 Å². The molecule has 0 aromatic heterocycles. The molecule has 1 saturated heterocycles. The standard InChI is InChI=1S/C17H34N2/c1-3-5-7-15-12-18-17(19-13-15)16-10-8-14(6-4-2)9-11-16/h14-19H,3-13H2,1-2H3. The number of rotatable bonds is 6. The smallest absolute Gasteiger partial charge is 0.0600 e. The fraction of sp³-hybridized carbons (Fsp3) is 1.00. The third-order valence-corrected chi connectivity index (χ3v) is 5.28. The summed E-state index contributed by atoms with van der Waals surface area (Å²) in [6, 6.07) is 0. The number of nitrogens with one attached hydrogen (secondary N) is 2. The summed E-state index contributed by atoms with van der Waals surface area (Å²) < 4.78 is 0. The second-order valence-corrected chi connectivity index (χ2v) is 6.87. The molecule has 0 amide bonds. The Morgan fingerprint density at radius 1 is 0.789 bits per heavy atom. The van der Waals surface area contributed by atoms with Crippen molar-refractivity contribution in [1.82, 2.24) is 10.6 Å². The van der Waals surface area contributed by atoms with Crippen LogP contribution in [-0.2, 0) is 0 Å². The number of hydrogen-bond donors (Lipinski definition) is 2. The number of hydrogen-bond acceptors (Lipinski definition) is 2. The number of unbranched alkanes of at least 4 members (excludes halogenated alkanes) is 1. The lowest BCUT2D eigenvalue weighted by molar-refractivity contribution is 0.158. The van der Waals surface area contributed by atoms with Gasteiger partial charge >= 0.3 is 0 Å². The molecule has 2 N–H and O–H groups in total. The molecule has 0 bridgehead atoms. The molecule has 2 heteroatoms. The van der Waals surface area contributed by atoms with Crippen LogP contribution in [0.1, 0.15) is 71.6 Å². The molecule has 2 rings (SSSR count). The Kier molecular flexibility index (Phi) is 6.66. The van der Waals surface area contributed by atoms with Gasteiger partial charge in [-0.25, -0.2) is 0 Å². The van der Waals surface area contributed by atoms with Crippen molar-refractivity contribution in [1.29, 1.82) is 0 Å². The van der Waals surface area contributed by atoms with Gasteiger partial charge in [-0.15, -0.1) is 0 Å². The first kappa shape index (κ1) is 15.3. The van der Waals surface area contributed by atoms with Crippen LogP contribution in [-0.4, -0.2) is 19.3 Å². The summed E-state index contributed by atoms with van der Waals surface area (Å²) in [5.74, 6) is 2.79. The third-order valence-electron chi connectivity index (χ3n) is 5.28. The van der Waals surface area contributed by atoms with Crippen molar-refractivity contribution in [2.45, 2.75) is 77.8 Å². The van der Waals surface area contributed by atoms with Crippen molar-refractivity contribution < 1.29 is 0 Å². The maximum atomic E-state index is 3.78. The molecule has 1 aliphatic heterocycles. The Morgan fingerprint density at radius 2 is 1.47 bits per heavy atom. The van der Waals surface area contributed by atoms with Crippen LogP contribution >= 0.6 is 0 Å². The highest BCUT2D eigenvalue weighted by Gasteiger charge is 2.29. The summed E-state index contributed by atoms with van der Waals surface area (Å²) in [5, 5.41) is 7.57. The average Bonchev–Trinajstić information content (AvgIpc) is 2.47. The molecule has 0 aromatic carbocycles. The van der Waals surface area contributed by atoms with Gasteiger partial charge in [-0.05, 0) is 37.0 Å². The highest BCUT2D eigenvalue weighted by atomic mass is 15.2. The Bertz CT molecular complexity index is 225. The zero-order chi connectivity index (χ0) is 13.5. The van der Waals surface area contributed by atoms with E-state index in [2.05, 4.69) is 24.5 Å². The lowest BCUT2D eigenvalue weighted by Crippen LogP contribution is -2.56. The van der Waals surface area contributed by atoms with E-state index in [0.717, 1.165) is 17.8 Å². The van der Waals surface area contributed by atoms with Gasteiger partial charge in [0.25, 0.3) is 0 Å². The largest absolute Gasteiger partial charge is 0.301 e. The summed E-state index contributed by atoms with van der Waals surface area (Å²) in [5.41, 5.74) is 0. The first-order valence-electron chi connectivity index (χ1n) is 8.80. The monoisotopic (exact) mass is 266 g/mol. The van der Waals surface area contributed by atoms with Crippen molar-refractivity contribution in [3.05, 3.63) is 0 Å². The molecule has 19 heavy (non-hydrogen) atoms. The van der Waals surface area contributed by atoms with Crippen molar-refractivity contribution >= 4 is 0 Å². The molecule has 0 unspecified atom stereocenters. The van der Waals surface area contributed by atoms with Crippen molar-refractivity contribution in [2.75, 3.05) is 13.1 Å². The van der Waals surface area contributed by atoms with Crippen LogP contribution in [0.3, 0.4) is 0 Å². The molecule has 0 radical (unpaired) electrons. The van der Waals surface area contributed by atoms with Crippen LogP contribution in [0.5, 0.6) is 0 Å². The van der Waals surface area contributed by atoms with Crippen molar-refractivity contribution in [3.8, 4) is 0 Å². The van der Waals surface area contributed by atoms with Gasteiger partial charge in [0.15, 0.2) is 0 Å². The van der Waals surface area contributed by atoms with Crippen LogP contribution < -0.4 is 10.6 Å². The molecule has 2 aliphatic rings. The fourth-order valence-electron chi connectivity index (χ4n) is 3.98. The Balaban J connectivity index is 1.65. The molecule has 1 aliphatic carbocycles. The summed E-state index contributed by atoms with van der Waals surface area (Å²) in [7, 11) is 0. The maximum absolute atomic E-state index is 3.78. The SMILES string of the molecule is CCCCC1CNC(C2CCC(CCC)CC2)NC1. The van der Waals surface area contributed by atoms with Crippen LogP contribution in [0.15, 0.2) is 0 Å². The molecule has 112 valence electrons. The van der Waals surface area contributed by atoms with Crippen LogP contribution in [0.2, 0.25) is 0 Å². The van der Waals surface area contributed by atoms with E-state index < -0.39 is 0 Å². The van der Waals surface area contributed by atoms with Gasteiger partial charge in [0.05, 0.1) is 6.17 Å². The van der Waals surface area contributed by atoms with Gasteiger partial charge in [-0.1, -0.05) is 52.4 Å². The Morgan fingerprint density at radius 3 is 2.05 bits per heavy atom. The quantitative estimate of drug-likeness (QED) is 0.761. The highest BCUT2D eigenvalue weighted by molar-refractivity contribution is 4.85. The minimum Gasteiger partial charge on any atom is -0.301 e. The van der Waals surface area contributed by atoms with Gasteiger partial charge < -0.3 is 10.6 Å². The van der Waals surface area contributed by atoms with Crippen molar-refractivity contribution in [3.63, 3.8) is 0 Å². The van der Waals surface area contributed by atoms with E-state index in [0.29, 0.717) is 6.17 Å². The van der Waals surface area contributed by atoms with Gasteiger partial charge in [-0.3, -0.25) is 0 Å². The van der Waals surface area contributed by atoms with Crippen LogP contribution in [0.4, 0.5) is 0 Å². The highest BCUT2D eigenvalue weighted by Crippen LogP contribution is 2.33. The molecule has 2 nitrogen and oxygen atoms in total. The van der Waals surface area contributed by atoms with E-state index in [1.165, 1.54) is 70.9 Å². The van der Waals surface area contributed by atoms with Crippen molar-refractivity contribution in [2.24, 2.45) is 17.8 Å². The molecular formula is C17H34N2. The van der Waals surface area contributed by atoms with Crippen LogP contribution in [0, 0.1) is 17.8 Å². The lowest BCUT2D eigenvalue weighted by Gasteiger charge is -2.39. The second-order valence-electron chi connectivity index (χ2n) is 6.87. The topological polar surface area (TPSA) is 24.1 Å².